The van der Waals surface area contributed by atoms with Crippen LogP contribution >= 0.6 is 0 Å². The zero-order valence-electron chi connectivity index (χ0n) is 23.1. The third-order valence-electron chi connectivity index (χ3n) is 7.64. The molecule has 0 aromatic carbocycles. The van der Waals surface area contributed by atoms with Crippen LogP contribution in [0.1, 0.15) is 106 Å². The van der Waals surface area contributed by atoms with Gasteiger partial charge >= 0.3 is 5.97 Å². The molecule has 0 amide bonds. The number of methoxy groups -OCH3 is 1. The molecule has 1 rings (SSSR count). The Labute approximate surface area is 212 Å². The van der Waals surface area contributed by atoms with Gasteiger partial charge in [0.1, 0.15) is 5.76 Å². The minimum Gasteiger partial charge on any atom is -0.497 e. The van der Waals surface area contributed by atoms with Crippen LogP contribution in [0.4, 0.5) is 0 Å². The van der Waals surface area contributed by atoms with Crippen LogP contribution in [-0.4, -0.2) is 50.8 Å². The van der Waals surface area contributed by atoms with E-state index in [9.17, 15) is 20.1 Å². The average Bonchev–Trinajstić information content (AvgIpc) is 2.75. The first kappa shape index (κ1) is 31.4. The van der Waals surface area contributed by atoms with Gasteiger partial charge in [0.2, 0.25) is 0 Å². The average molecular weight is 495 g/mol. The van der Waals surface area contributed by atoms with Gasteiger partial charge in [0.25, 0.3) is 0 Å². The molecule has 0 spiro atoms. The van der Waals surface area contributed by atoms with Crippen molar-refractivity contribution in [2.75, 3.05) is 7.11 Å². The Morgan fingerprint density at radius 2 is 1.69 bits per heavy atom. The summed E-state index contributed by atoms with van der Waals surface area (Å²) in [5, 5.41) is 40.6. The van der Waals surface area contributed by atoms with E-state index < -0.39 is 23.3 Å². The van der Waals surface area contributed by atoms with Crippen molar-refractivity contribution in [3.05, 3.63) is 34.6 Å². The number of carboxylic acid groups (broad SMARTS) is 1. The number of aliphatic carboxylic acids is 1. The summed E-state index contributed by atoms with van der Waals surface area (Å²) in [7, 11) is 1.69. The first-order valence-corrected chi connectivity index (χ1v) is 13.2. The Hall–Kier alpha value is -1.63. The SMILES string of the molecule is COC1=C(C)C(C)C(O)C=C1CCC(C)CCCC(C)(O)CCCC(C)(O)CC/C=C(\C)C(=O)O. The van der Waals surface area contributed by atoms with Crippen LogP contribution in [0.5, 0.6) is 0 Å². The number of aliphatic hydroxyl groups is 3. The molecule has 5 atom stereocenters. The summed E-state index contributed by atoms with van der Waals surface area (Å²) < 4.78 is 5.62. The van der Waals surface area contributed by atoms with Gasteiger partial charge < -0.3 is 25.2 Å². The van der Waals surface area contributed by atoms with E-state index in [-0.39, 0.29) is 5.92 Å². The Kier molecular flexibility index (Phi) is 12.7. The van der Waals surface area contributed by atoms with Crippen LogP contribution in [0.15, 0.2) is 34.6 Å². The van der Waals surface area contributed by atoms with E-state index in [2.05, 4.69) is 6.92 Å². The molecule has 0 saturated carbocycles. The van der Waals surface area contributed by atoms with E-state index in [1.165, 1.54) is 0 Å². The van der Waals surface area contributed by atoms with E-state index in [4.69, 9.17) is 9.84 Å². The summed E-state index contributed by atoms with van der Waals surface area (Å²) >= 11 is 0. The van der Waals surface area contributed by atoms with Gasteiger partial charge in [0.15, 0.2) is 0 Å². The molecule has 0 heterocycles. The zero-order chi connectivity index (χ0) is 26.8. The molecule has 6 heteroatoms. The fourth-order valence-electron chi connectivity index (χ4n) is 4.80. The molecule has 0 aliphatic heterocycles. The molecule has 5 unspecified atom stereocenters. The molecule has 202 valence electrons. The van der Waals surface area contributed by atoms with Crippen LogP contribution in [0.2, 0.25) is 0 Å². The van der Waals surface area contributed by atoms with Crippen molar-refractivity contribution in [2.45, 2.75) is 123 Å². The van der Waals surface area contributed by atoms with Gasteiger partial charge in [-0.25, -0.2) is 4.79 Å². The lowest BCUT2D eigenvalue weighted by molar-refractivity contribution is -0.132. The number of allylic oxidation sites excluding steroid dienone is 2. The Bertz CT molecular complexity index is 774. The molecule has 1 aliphatic rings. The summed E-state index contributed by atoms with van der Waals surface area (Å²) in [4.78, 5) is 10.9. The number of aliphatic hydroxyl groups excluding tert-OH is 1. The van der Waals surface area contributed by atoms with Gasteiger partial charge in [0.05, 0.1) is 24.4 Å². The topological polar surface area (TPSA) is 107 Å². The number of rotatable bonds is 16. The van der Waals surface area contributed by atoms with Crippen LogP contribution in [0, 0.1) is 11.8 Å². The highest BCUT2D eigenvalue weighted by atomic mass is 16.5. The predicted molar refractivity (Wildman–Crippen MR) is 141 cm³/mol. The second-order valence-electron chi connectivity index (χ2n) is 11.3. The molecule has 0 fully saturated rings. The molecule has 6 nitrogen and oxygen atoms in total. The maximum atomic E-state index is 10.9. The largest absolute Gasteiger partial charge is 0.497 e. The van der Waals surface area contributed by atoms with Crippen LogP contribution in [-0.2, 0) is 9.53 Å². The summed E-state index contributed by atoms with van der Waals surface area (Å²) in [5.41, 5.74) is 0.867. The number of hydrogen-bond donors (Lipinski definition) is 4. The summed E-state index contributed by atoms with van der Waals surface area (Å²) in [6, 6.07) is 0. The number of carboxylic acids is 1. The van der Waals surface area contributed by atoms with Crippen LogP contribution < -0.4 is 0 Å². The molecule has 0 aromatic rings. The monoisotopic (exact) mass is 494 g/mol. The third kappa shape index (κ3) is 11.3. The Morgan fingerprint density at radius 3 is 2.26 bits per heavy atom. The highest BCUT2D eigenvalue weighted by Gasteiger charge is 2.27. The third-order valence-corrected chi connectivity index (χ3v) is 7.64. The van der Waals surface area contributed by atoms with Crippen molar-refractivity contribution >= 4 is 5.97 Å². The van der Waals surface area contributed by atoms with E-state index in [1.807, 2.05) is 26.8 Å². The number of ether oxygens (including phenoxy) is 1. The van der Waals surface area contributed by atoms with E-state index in [0.717, 1.165) is 55.4 Å². The van der Waals surface area contributed by atoms with Crippen molar-refractivity contribution in [2.24, 2.45) is 11.8 Å². The predicted octanol–water partition coefficient (Wildman–Crippen LogP) is 5.91. The Morgan fingerprint density at radius 1 is 1.11 bits per heavy atom. The van der Waals surface area contributed by atoms with Gasteiger partial charge in [-0.3, -0.25) is 0 Å². The standard InChI is InChI=1S/C29H50O6/c1-20(13-14-24-19-25(30)22(3)23(4)26(24)35-7)11-8-15-28(5,33)17-10-18-29(6,34)16-9-12-21(2)27(31)32/h12,19-20,22,25,30,33-34H,8-11,13-18H2,1-7H3,(H,31,32)/b21-12+. The molecule has 0 bridgehead atoms. The van der Waals surface area contributed by atoms with Crippen molar-refractivity contribution < 1.29 is 30.0 Å². The summed E-state index contributed by atoms with van der Waals surface area (Å²) in [6.07, 6.45) is 10.7. The van der Waals surface area contributed by atoms with Gasteiger partial charge in [0, 0.05) is 11.5 Å². The van der Waals surface area contributed by atoms with Crippen LogP contribution in [0.3, 0.4) is 0 Å². The number of hydrogen-bond acceptors (Lipinski definition) is 5. The number of carbonyl (C=O) groups is 1. The molecule has 35 heavy (non-hydrogen) atoms. The quantitative estimate of drug-likeness (QED) is 0.199. The smallest absolute Gasteiger partial charge is 0.330 e. The van der Waals surface area contributed by atoms with Gasteiger partial charge in [-0.2, -0.15) is 0 Å². The highest BCUT2D eigenvalue weighted by Crippen LogP contribution is 2.34. The summed E-state index contributed by atoms with van der Waals surface area (Å²) in [6.45, 7) is 11.5. The zero-order valence-corrected chi connectivity index (χ0v) is 23.1. The van der Waals surface area contributed by atoms with Crippen molar-refractivity contribution in [3.8, 4) is 0 Å². The molecular weight excluding hydrogens is 444 g/mol. The van der Waals surface area contributed by atoms with Gasteiger partial charge in [-0.05, 0) is 102 Å². The molecule has 0 radical (unpaired) electrons. The molecule has 4 N–H and O–H groups in total. The second kappa shape index (κ2) is 14.2. The molecule has 0 saturated heterocycles. The minimum atomic E-state index is -0.929. The van der Waals surface area contributed by atoms with Crippen molar-refractivity contribution in [1.82, 2.24) is 0 Å². The maximum absolute atomic E-state index is 10.9. The molecule has 1 aliphatic carbocycles. The second-order valence-corrected chi connectivity index (χ2v) is 11.3. The minimum absolute atomic E-state index is 0.0787. The fraction of sp³-hybridized carbons (Fsp3) is 0.759. The maximum Gasteiger partial charge on any atom is 0.330 e. The lowest BCUT2D eigenvalue weighted by atomic mass is 9.84. The van der Waals surface area contributed by atoms with Crippen molar-refractivity contribution in [3.63, 3.8) is 0 Å². The normalized spacial score (nSPS) is 23.4. The van der Waals surface area contributed by atoms with Gasteiger partial charge in [-0.15, -0.1) is 0 Å². The van der Waals surface area contributed by atoms with Gasteiger partial charge in [-0.1, -0.05) is 32.8 Å². The van der Waals surface area contributed by atoms with E-state index in [0.29, 0.717) is 37.2 Å². The van der Waals surface area contributed by atoms with Crippen molar-refractivity contribution in [1.29, 1.82) is 0 Å². The molecular formula is C29H50O6. The Balaban J connectivity index is 2.36. The lowest BCUT2D eigenvalue weighted by Gasteiger charge is -2.28. The molecule has 0 aromatic heterocycles. The van der Waals surface area contributed by atoms with Crippen LogP contribution in [0.25, 0.3) is 0 Å². The fourth-order valence-corrected chi connectivity index (χ4v) is 4.80. The highest BCUT2D eigenvalue weighted by molar-refractivity contribution is 5.85. The summed E-state index contributed by atoms with van der Waals surface area (Å²) in [5.74, 6) is 0.572. The first-order chi connectivity index (χ1) is 16.2. The first-order valence-electron chi connectivity index (χ1n) is 13.2. The lowest BCUT2D eigenvalue weighted by Crippen LogP contribution is -2.28. The van der Waals surface area contributed by atoms with E-state index >= 15 is 0 Å². The van der Waals surface area contributed by atoms with E-state index in [1.54, 1.807) is 27.0 Å².